The molecule has 0 bridgehead atoms. The predicted molar refractivity (Wildman–Crippen MR) is 109 cm³/mol. The van der Waals surface area contributed by atoms with Crippen molar-refractivity contribution in [3.05, 3.63) is 64.5 Å². The first-order valence-corrected chi connectivity index (χ1v) is 9.85. The Morgan fingerprint density at radius 3 is 2.70 bits per heavy atom. The second kappa shape index (κ2) is 10.1. The number of anilines is 1. The van der Waals surface area contributed by atoms with Crippen LogP contribution in [-0.2, 0) is 6.42 Å². The fourth-order valence-electron chi connectivity index (χ4n) is 3.12. The molecule has 1 aromatic heterocycles. The molecule has 2 aromatic rings. The normalized spacial score (nSPS) is 13.7. The van der Waals surface area contributed by atoms with Gasteiger partial charge in [0.2, 0.25) is 5.95 Å². The van der Waals surface area contributed by atoms with Crippen molar-refractivity contribution in [1.29, 1.82) is 0 Å². The Morgan fingerprint density at radius 1 is 1.11 bits per heavy atom. The molecule has 1 amide bonds. The molecule has 2 N–H and O–H groups in total. The van der Waals surface area contributed by atoms with Crippen LogP contribution in [0.4, 0.5) is 5.95 Å². The zero-order valence-corrected chi connectivity index (χ0v) is 16.1. The zero-order valence-electron chi connectivity index (χ0n) is 15.4. The van der Waals surface area contributed by atoms with Crippen molar-refractivity contribution in [3.63, 3.8) is 0 Å². The maximum Gasteiger partial charge on any atom is 0.254 e. The molecule has 0 spiro atoms. The number of allylic oxidation sites excluding steroid dienone is 1. The highest BCUT2D eigenvalue weighted by molar-refractivity contribution is 6.30. The van der Waals surface area contributed by atoms with Gasteiger partial charge in [-0.25, -0.2) is 9.97 Å². The SMILES string of the molecule is O=C(NCCc1cccc(Cl)c1)c1cnc(NCCC2=CCCCC2)nc1. The van der Waals surface area contributed by atoms with Gasteiger partial charge in [0.15, 0.2) is 0 Å². The van der Waals surface area contributed by atoms with Crippen LogP contribution in [0, 0.1) is 0 Å². The van der Waals surface area contributed by atoms with Gasteiger partial charge in [0.1, 0.15) is 0 Å². The quantitative estimate of drug-likeness (QED) is 0.662. The molecule has 1 heterocycles. The van der Waals surface area contributed by atoms with E-state index in [-0.39, 0.29) is 5.91 Å². The maximum atomic E-state index is 12.2. The van der Waals surface area contributed by atoms with Gasteiger partial charge in [-0.15, -0.1) is 0 Å². The van der Waals surface area contributed by atoms with E-state index < -0.39 is 0 Å². The lowest BCUT2D eigenvalue weighted by Gasteiger charge is -2.12. The maximum absolute atomic E-state index is 12.2. The van der Waals surface area contributed by atoms with Crippen LogP contribution in [0.25, 0.3) is 0 Å². The average molecular weight is 385 g/mol. The van der Waals surface area contributed by atoms with E-state index >= 15 is 0 Å². The summed E-state index contributed by atoms with van der Waals surface area (Å²) in [5.74, 6) is 0.387. The Hall–Kier alpha value is -2.40. The second-order valence-electron chi connectivity index (χ2n) is 6.72. The van der Waals surface area contributed by atoms with Gasteiger partial charge in [0.25, 0.3) is 5.91 Å². The van der Waals surface area contributed by atoms with Crippen molar-refractivity contribution in [2.45, 2.75) is 38.5 Å². The van der Waals surface area contributed by atoms with Gasteiger partial charge in [0.05, 0.1) is 5.56 Å². The Morgan fingerprint density at radius 2 is 1.96 bits per heavy atom. The first kappa shape index (κ1) is 19.4. The van der Waals surface area contributed by atoms with Crippen LogP contribution in [0.1, 0.15) is 48.0 Å². The number of hydrogen-bond acceptors (Lipinski definition) is 4. The summed E-state index contributed by atoms with van der Waals surface area (Å²) in [4.78, 5) is 20.7. The molecular weight excluding hydrogens is 360 g/mol. The van der Waals surface area contributed by atoms with Gasteiger partial charge in [-0.1, -0.05) is 35.4 Å². The summed E-state index contributed by atoms with van der Waals surface area (Å²) in [5.41, 5.74) is 3.07. The molecule has 0 aliphatic heterocycles. The molecule has 0 atom stereocenters. The van der Waals surface area contributed by atoms with Crippen LogP contribution < -0.4 is 10.6 Å². The van der Waals surface area contributed by atoms with Crippen molar-refractivity contribution in [2.24, 2.45) is 0 Å². The number of carbonyl (C=O) groups is 1. The third kappa shape index (κ3) is 6.36. The zero-order chi connectivity index (χ0) is 18.9. The minimum Gasteiger partial charge on any atom is -0.354 e. The Bertz CT molecular complexity index is 789. The number of nitrogens with zero attached hydrogens (tertiary/aromatic N) is 2. The first-order valence-electron chi connectivity index (χ1n) is 9.47. The van der Waals surface area contributed by atoms with E-state index in [2.05, 4.69) is 26.7 Å². The summed E-state index contributed by atoms with van der Waals surface area (Å²) in [5, 5.41) is 6.81. The molecule has 5 nitrogen and oxygen atoms in total. The van der Waals surface area contributed by atoms with Gasteiger partial charge < -0.3 is 10.6 Å². The highest BCUT2D eigenvalue weighted by Crippen LogP contribution is 2.19. The summed E-state index contributed by atoms with van der Waals surface area (Å²) in [6.45, 7) is 1.35. The monoisotopic (exact) mass is 384 g/mol. The van der Waals surface area contributed by atoms with Crippen LogP contribution in [-0.4, -0.2) is 29.0 Å². The molecule has 27 heavy (non-hydrogen) atoms. The molecule has 1 aliphatic rings. The minimum atomic E-state index is -0.170. The van der Waals surface area contributed by atoms with Gasteiger partial charge in [-0.2, -0.15) is 0 Å². The van der Waals surface area contributed by atoms with E-state index in [0.29, 0.717) is 23.1 Å². The predicted octanol–water partition coefficient (Wildman–Crippen LogP) is 4.40. The van der Waals surface area contributed by atoms with Crippen LogP contribution in [0.2, 0.25) is 5.02 Å². The summed E-state index contributed by atoms with van der Waals surface area (Å²) < 4.78 is 0. The van der Waals surface area contributed by atoms with Gasteiger partial charge >= 0.3 is 0 Å². The van der Waals surface area contributed by atoms with E-state index in [0.717, 1.165) is 24.9 Å². The molecule has 142 valence electrons. The third-order valence-corrected chi connectivity index (χ3v) is 4.85. The molecule has 0 saturated heterocycles. The minimum absolute atomic E-state index is 0.170. The molecule has 0 fully saturated rings. The molecule has 6 heteroatoms. The smallest absolute Gasteiger partial charge is 0.254 e. The lowest BCUT2D eigenvalue weighted by molar-refractivity contribution is 0.0953. The summed E-state index contributed by atoms with van der Waals surface area (Å²) in [7, 11) is 0. The number of carbonyl (C=O) groups excluding carboxylic acids is 1. The summed E-state index contributed by atoms with van der Waals surface area (Å²) in [6, 6.07) is 7.64. The van der Waals surface area contributed by atoms with E-state index in [1.807, 2.05) is 24.3 Å². The van der Waals surface area contributed by atoms with Gasteiger partial charge in [-0.3, -0.25) is 4.79 Å². The van der Waals surface area contributed by atoms with Crippen molar-refractivity contribution < 1.29 is 4.79 Å². The lowest BCUT2D eigenvalue weighted by atomic mass is 9.97. The molecule has 1 aliphatic carbocycles. The fourth-order valence-corrected chi connectivity index (χ4v) is 3.33. The molecule has 0 saturated carbocycles. The van der Waals surface area contributed by atoms with Crippen LogP contribution >= 0.6 is 11.6 Å². The molecule has 3 rings (SSSR count). The number of amides is 1. The third-order valence-electron chi connectivity index (χ3n) is 4.62. The summed E-state index contributed by atoms with van der Waals surface area (Å²) in [6.07, 6.45) is 12.2. The lowest BCUT2D eigenvalue weighted by Crippen LogP contribution is -2.26. The van der Waals surface area contributed by atoms with Crippen molar-refractivity contribution in [3.8, 4) is 0 Å². The van der Waals surface area contributed by atoms with E-state index in [4.69, 9.17) is 11.6 Å². The van der Waals surface area contributed by atoms with Gasteiger partial charge in [0, 0.05) is 30.5 Å². The molecule has 0 unspecified atom stereocenters. The Labute approximate surface area is 165 Å². The number of halogens is 1. The first-order chi connectivity index (χ1) is 13.2. The summed E-state index contributed by atoms with van der Waals surface area (Å²) >= 11 is 5.96. The molecule has 1 aromatic carbocycles. The Balaban J connectivity index is 1.40. The van der Waals surface area contributed by atoms with Crippen molar-refractivity contribution in [2.75, 3.05) is 18.4 Å². The molecule has 0 radical (unpaired) electrons. The number of benzene rings is 1. The van der Waals surface area contributed by atoms with Gasteiger partial charge in [-0.05, 0) is 56.2 Å². The topological polar surface area (TPSA) is 66.9 Å². The van der Waals surface area contributed by atoms with E-state index in [9.17, 15) is 4.79 Å². The van der Waals surface area contributed by atoms with Crippen LogP contribution in [0.5, 0.6) is 0 Å². The number of hydrogen-bond donors (Lipinski definition) is 2. The highest BCUT2D eigenvalue weighted by atomic mass is 35.5. The van der Waals surface area contributed by atoms with E-state index in [1.54, 1.807) is 12.4 Å². The second-order valence-corrected chi connectivity index (χ2v) is 7.15. The Kier molecular flexibility index (Phi) is 7.22. The van der Waals surface area contributed by atoms with E-state index in [1.165, 1.54) is 31.3 Å². The van der Waals surface area contributed by atoms with Crippen LogP contribution in [0.3, 0.4) is 0 Å². The number of nitrogens with one attached hydrogen (secondary N) is 2. The number of rotatable bonds is 8. The highest BCUT2D eigenvalue weighted by Gasteiger charge is 2.08. The van der Waals surface area contributed by atoms with Crippen molar-refractivity contribution in [1.82, 2.24) is 15.3 Å². The number of aromatic nitrogens is 2. The molecular formula is C21H25ClN4O. The standard InChI is InChI=1S/C21H25ClN4O/c22-19-8-4-7-17(13-19)10-11-23-20(27)18-14-25-21(26-15-18)24-12-9-16-5-2-1-3-6-16/h4-5,7-8,13-15H,1-3,6,9-12H2,(H,23,27)(H,24,25,26). The largest absolute Gasteiger partial charge is 0.354 e. The fraction of sp³-hybridized carbons (Fsp3) is 0.381. The van der Waals surface area contributed by atoms with Crippen LogP contribution in [0.15, 0.2) is 48.3 Å². The van der Waals surface area contributed by atoms with Crippen molar-refractivity contribution >= 4 is 23.5 Å². The average Bonchev–Trinajstić information content (AvgIpc) is 2.69.